The SMILES string of the molecule is CCC(C)NC(=O)CN1CCN(c2ccc([N+](=O)[O-])cn2)CC1. The van der Waals surface area contributed by atoms with Gasteiger partial charge < -0.3 is 10.2 Å². The lowest BCUT2D eigenvalue weighted by molar-refractivity contribution is -0.385. The Labute approximate surface area is 135 Å². The maximum atomic E-state index is 11.9. The number of pyridine rings is 1. The Hall–Kier alpha value is -2.22. The zero-order chi connectivity index (χ0) is 16.8. The van der Waals surface area contributed by atoms with Crippen molar-refractivity contribution in [2.45, 2.75) is 26.3 Å². The first-order valence-corrected chi connectivity index (χ1v) is 7.86. The number of rotatable bonds is 6. The van der Waals surface area contributed by atoms with E-state index in [0.29, 0.717) is 6.54 Å². The predicted molar refractivity (Wildman–Crippen MR) is 87.4 cm³/mol. The van der Waals surface area contributed by atoms with Crippen molar-refractivity contribution in [3.8, 4) is 0 Å². The maximum Gasteiger partial charge on any atom is 0.287 e. The number of nitrogens with zero attached hydrogens (tertiary/aromatic N) is 4. The van der Waals surface area contributed by atoms with E-state index in [4.69, 9.17) is 0 Å². The highest BCUT2D eigenvalue weighted by atomic mass is 16.6. The van der Waals surface area contributed by atoms with E-state index < -0.39 is 4.92 Å². The zero-order valence-electron chi connectivity index (χ0n) is 13.6. The minimum absolute atomic E-state index is 0.00546. The van der Waals surface area contributed by atoms with Gasteiger partial charge in [-0.3, -0.25) is 19.8 Å². The van der Waals surface area contributed by atoms with E-state index in [1.807, 2.05) is 13.8 Å². The van der Waals surface area contributed by atoms with E-state index in [1.165, 1.54) is 12.3 Å². The lowest BCUT2D eigenvalue weighted by Crippen LogP contribution is -2.50. The summed E-state index contributed by atoms with van der Waals surface area (Å²) in [5.41, 5.74) is -0.00546. The molecule has 8 nitrogen and oxygen atoms in total. The van der Waals surface area contributed by atoms with Gasteiger partial charge in [-0.25, -0.2) is 4.98 Å². The second-order valence-corrected chi connectivity index (χ2v) is 5.77. The molecule has 1 fully saturated rings. The molecule has 2 rings (SSSR count). The first-order chi connectivity index (χ1) is 11.0. The maximum absolute atomic E-state index is 11.9. The average Bonchev–Trinajstić information content (AvgIpc) is 2.55. The van der Waals surface area contributed by atoms with E-state index in [2.05, 4.69) is 20.1 Å². The lowest BCUT2D eigenvalue weighted by Gasteiger charge is -2.35. The molecule has 0 aromatic carbocycles. The summed E-state index contributed by atoms with van der Waals surface area (Å²) in [6, 6.07) is 3.34. The van der Waals surface area contributed by atoms with Crippen LogP contribution in [0.1, 0.15) is 20.3 Å². The van der Waals surface area contributed by atoms with Gasteiger partial charge in [-0.2, -0.15) is 0 Å². The fourth-order valence-electron chi connectivity index (χ4n) is 2.43. The van der Waals surface area contributed by atoms with Crippen molar-refractivity contribution in [1.29, 1.82) is 0 Å². The Morgan fingerprint density at radius 1 is 1.39 bits per heavy atom. The normalized spacial score (nSPS) is 16.9. The number of amides is 1. The van der Waals surface area contributed by atoms with Gasteiger partial charge in [0.1, 0.15) is 12.0 Å². The summed E-state index contributed by atoms with van der Waals surface area (Å²) in [5.74, 6) is 0.792. The molecule has 1 aromatic heterocycles. The molecule has 126 valence electrons. The second-order valence-electron chi connectivity index (χ2n) is 5.77. The third-order valence-corrected chi connectivity index (χ3v) is 4.03. The van der Waals surface area contributed by atoms with Gasteiger partial charge in [0.2, 0.25) is 5.91 Å². The molecule has 0 saturated carbocycles. The van der Waals surface area contributed by atoms with Crippen molar-refractivity contribution < 1.29 is 9.72 Å². The Bertz CT molecular complexity index is 541. The standard InChI is InChI=1S/C15H23N5O3/c1-3-12(2)17-15(21)11-18-6-8-19(9-7-18)14-5-4-13(10-16-14)20(22)23/h4-5,10,12H,3,6-9,11H2,1-2H3,(H,17,21). The molecule has 1 aromatic rings. The van der Waals surface area contributed by atoms with E-state index in [0.717, 1.165) is 38.4 Å². The summed E-state index contributed by atoms with van der Waals surface area (Å²) in [4.78, 5) is 30.4. The third kappa shape index (κ3) is 4.88. The van der Waals surface area contributed by atoms with Crippen LogP contribution in [0.3, 0.4) is 0 Å². The molecule has 1 N–H and O–H groups in total. The first kappa shape index (κ1) is 17.1. The summed E-state index contributed by atoms with van der Waals surface area (Å²) in [6.07, 6.45) is 2.20. The number of hydrogen-bond acceptors (Lipinski definition) is 6. The summed E-state index contributed by atoms with van der Waals surface area (Å²) in [6.45, 7) is 7.49. The molecule has 8 heteroatoms. The largest absolute Gasteiger partial charge is 0.354 e. The molecule has 2 heterocycles. The fraction of sp³-hybridized carbons (Fsp3) is 0.600. The van der Waals surface area contributed by atoms with Crippen molar-refractivity contribution in [2.75, 3.05) is 37.6 Å². The Morgan fingerprint density at radius 3 is 2.61 bits per heavy atom. The molecule has 1 amide bonds. The molecule has 1 aliphatic rings. The Balaban J connectivity index is 1.81. The Kier molecular flexibility index (Phi) is 5.86. The predicted octanol–water partition coefficient (Wildman–Crippen LogP) is 1.03. The molecular weight excluding hydrogens is 298 g/mol. The number of aromatic nitrogens is 1. The molecule has 1 saturated heterocycles. The minimum atomic E-state index is -0.454. The molecule has 0 radical (unpaired) electrons. The van der Waals surface area contributed by atoms with E-state index in [-0.39, 0.29) is 17.6 Å². The first-order valence-electron chi connectivity index (χ1n) is 7.86. The summed E-state index contributed by atoms with van der Waals surface area (Å²) in [7, 11) is 0. The van der Waals surface area contributed by atoms with Crippen LogP contribution in [0.2, 0.25) is 0 Å². The number of carbonyl (C=O) groups excluding carboxylic acids is 1. The van der Waals surface area contributed by atoms with Crippen LogP contribution in [0.5, 0.6) is 0 Å². The number of nitrogens with one attached hydrogen (secondary N) is 1. The monoisotopic (exact) mass is 321 g/mol. The number of carbonyl (C=O) groups is 1. The van der Waals surface area contributed by atoms with Gasteiger partial charge in [0, 0.05) is 38.3 Å². The quantitative estimate of drug-likeness (QED) is 0.621. The molecule has 0 aliphatic carbocycles. The van der Waals surface area contributed by atoms with Crippen LogP contribution in [0.25, 0.3) is 0 Å². The number of piperazine rings is 1. The second kappa shape index (κ2) is 7.87. The van der Waals surface area contributed by atoms with Crippen LogP contribution in [0.4, 0.5) is 11.5 Å². The highest BCUT2D eigenvalue weighted by Crippen LogP contribution is 2.17. The van der Waals surface area contributed by atoms with Gasteiger partial charge in [-0.1, -0.05) is 6.92 Å². The van der Waals surface area contributed by atoms with Crippen molar-refractivity contribution in [3.05, 3.63) is 28.4 Å². The van der Waals surface area contributed by atoms with Crippen molar-refractivity contribution in [3.63, 3.8) is 0 Å². The van der Waals surface area contributed by atoms with Gasteiger partial charge in [0.15, 0.2) is 0 Å². The summed E-state index contributed by atoms with van der Waals surface area (Å²) in [5, 5.41) is 13.6. The van der Waals surface area contributed by atoms with Gasteiger partial charge >= 0.3 is 0 Å². The van der Waals surface area contributed by atoms with E-state index >= 15 is 0 Å². The van der Waals surface area contributed by atoms with E-state index in [1.54, 1.807) is 6.07 Å². The third-order valence-electron chi connectivity index (χ3n) is 4.03. The number of nitro groups is 1. The molecule has 23 heavy (non-hydrogen) atoms. The van der Waals surface area contributed by atoms with Crippen LogP contribution in [-0.2, 0) is 4.79 Å². The minimum Gasteiger partial charge on any atom is -0.354 e. The molecule has 1 unspecified atom stereocenters. The highest BCUT2D eigenvalue weighted by Gasteiger charge is 2.20. The summed E-state index contributed by atoms with van der Waals surface area (Å²) >= 11 is 0. The lowest BCUT2D eigenvalue weighted by atomic mass is 10.2. The molecule has 1 atom stereocenters. The van der Waals surface area contributed by atoms with E-state index in [9.17, 15) is 14.9 Å². The van der Waals surface area contributed by atoms with Crippen LogP contribution < -0.4 is 10.2 Å². The molecule has 0 spiro atoms. The van der Waals surface area contributed by atoms with Crippen molar-refractivity contribution in [2.24, 2.45) is 0 Å². The molecule has 0 bridgehead atoms. The van der Waals surface area contributed by atoms with Crippen molar-refractivity contribution in [1.82, 2.24) is 15.2 Å². The zero-order valence-corrected chi connectivity index (χ0v) is 13.6. The van der Waals surface area contributed by atoms with Crippen LogP contribution in [-0.4, -0.2) is 59.5 Å². The van der Waals surface area contributed by atoms with Gasteiger partial charge in [0.05, 0.1) is 11.5 Å². The van der Waals surface area contributed by atoms with Gasteiger partial charge in [-0.05, 0) is 19.4 Å². The average molecular weight is 321 g/mol. The highest BCUT2D eigenvalue weighted by molar-refractivity contribution is 5.78. The van der Waals surface area contributed by atoms with Crippen LogP contribution in [0.15, 0.2) is 18.3 Å². The smallest absolute Gasteiger partial charge is 0.287 e. The Morgan fingerprint density at radius 2 is 2.09 bits per heavy atom. The van der Waals surface area contributed by atoms with Crippen molar-refractivity contribution >= 4 is 17.4 Å². The number of hydrogen-bond donors (Lipinski definition) is 1. The fourth-order valence-corrected chi connectivity index (χ4v) is 2.43. The summed E-state index contributed by atoms with van der Waals surface area (Å²) < 4.78 is 0. The molecule has 1 aliphatic heterocycles. The van der Waals surface area contributed by atoms with Gasteiger partial charge in [-0.15, -0.1) is 0 Å². The van der Waals surface area contributed by atoms with Crippen LogP contribution in [0, 0.1) is 10.1 Å². The molecular formula is C15H23N5O3. The number of anilines is 1. The van der Waals surface area contributed by atoms with Gasteiger partial charge in [0.25, 0.3) is 5.69 Å². The van der Waals surface area contributed by atoms with Crippen LogP contribution >= 0.6 is 0 Å². The topological polar surface area (TPSA) is 91.6 Å².